The molecular formula is C16H16F2N2O3S2. The van der Waals surface area contributed by atoms with Gasteiger partial charge in [-0.2, -0.15) is 15.6 Å². The van der Waals surface area contributed by atoms with Gasteiger partial charge in [-0.15, -0.1) is 0 Å². The van der Waals surface area contributed by atoms with Crippen LogP contribution in [0.3, 0.4) is 0 Å². The van der Waals surface area contributed by atoms with E-state index < -0.39 is 26.6 Å². The summed E-state index contributed by atoms with van der Waals surface area (Å²) in [6.07, 6.45) is 0.262. The third-order valence-electron chi connectivity index (χ3n) is 4.04. The number of hydrogen-bond donors (Lipinski definition) is 0. The summed E-state index contributed by atoms with van der Waals surface area (Å²) < 4.78 is 53.6. The smallest absolute Gasteiger partial charge is 0.249 e. The number of sulfonamides is 1. The van der Waals surface area contributed by atoms with E-state index in [1.807, 2.05) is 16.8 Å². The van der Waals surface area contributed by atoms with E-state index in [2.05, 4.69) is 0 Å². The Balaban J connectivity index is 1.68. The van der Waals surface area contributed by atoms with Gasteiger partial charge in [0.05, 0.1) is 6.42 Å². The maximum atomic E-state index is 13.8. The number of piperazine rings is 1. The van der Waals surface area contributed by atoms with Crippen LogP contribution >= 0.6 is 11.3 Å². The number of amides is 1. The summed E-state index contributed by atoms with van der Waals surface area (Å²) in [5.74, 6) is -2.32. The Labute approximate surface area is 148 Å². The van der Waals surface area contributed by atoms with Crippen molar-refractivity contribution in [2.75, 3.05) is 26.2 Å². The molecule has 0 N–H and O–H groups in total. The number of nitrogens with zero attached hydrogens (tertiary/aromatic N) is 2. The summed E-state index contributed by atoms with van der Waals surface area (Å²) in [5.41, 5.74) is 0.915. The number of halogens is 2. The molecule has 3 rings (SSSR count). The molecule has 2 aromatic rings. The number of hydrogen-bond acceptors (Lipinski definition) is 4. The van der Waals surface area contributed by atoms with Gasteiger partial charge in [0.15, 0.2) is 4.90 Å². The van der Waals surface area contributed by atoms with Gasteiger partial charge in [-0.25, -0.2) is 17.2 Å². The molecule has 5 nitrogen and oxygen atoms in total. The van der Waals surface area contributed by atoms with Crippen LogP contribution in [0.5, 0.6) is 0 Å². The second kappa shape index (κ2) is 7.19. The quantitative estimate of drug-likeness (QED) is 0.809. The first-order valence-electron chi connectivity index (χ1n) is 7.62. The molecule has 1 aliphatic rings. The minimum Gasteiger partial charge on any atom is -0.340 e. The highest BCUT2D eigenvalue weighted by atomic mass is 32.2. The SMILES string of the molecule is O=C(Cc1ccsc1)N1CCN(S(=O)(=O)c2c(F)cccc2F)CC1. The van der Waals surface area contributed by atoms with Gasteiger partial charge in [-0.05, 0) is 34.5 Å². The lowest BCUT2D eigenvalue weighted by Crippen LogP contribution is -2.51. The summed E-state index contributed by atoms with van der Waals surface area (Å²) >= 11 is 1.50. The predicted octanol–water partition coefficient (Wildman–Crippen LogP) is 2.10. The molecule has 1 saturated heterocycles. The molecule has 25 heavy (non-hydrogen) atoms. The van der Waals surface area contributed by atoms with Crippen molar-refractivity contribution in [2.45, 2.75) is 11.3 Å². The number of rotatable bonds is 4. The van der Waals surface area contributed by atoms with Gasteiger partial charge in [-0.1, -0.05) is 6.07 Å². The second-order valence-electron chi connectivity index (χ2n) is 5.64. The van der Waals surface area contributed by atoms with Crippen molar-refractivity contribution in [3.63, 3.8) is 0 Å². The molecule has 0 spiro atoms. The average Bonchev–Trinajstić information content (AvgIpc) is 3.07. The number of carbonyl (C=O) groups excluding carboxylic acids is 1. The highest BCUT2D eigenvalue weighted by Crippen LogP contribution is 2.23. The van der Waals surface area contributed by atoms with E-state index in [1.165, 1.54) is 11.3 Å². The number of thiophene rings is 1. The highest BCUT2D eigenvalue weighted by molar-refractivity contribution is 7.89. The molecule has 2 heterocycles. The standard InChI is InChI=1S/C16H16F2N2O3S2/c17-13-2-1-3-14(18)16(13)25(22,23)20-7-5-19(6-8-20)15(21)10-12-4-9-24-11-12/h1-4,9,11H,5-8,10H2. The van der Waals surface area contributed by atoms with Gasteiger partial charge in [-0.3, -0.25) is 4.79 Å². The van der Waals surface area contributed by atoms with Gasteiger partial charge in [0, 0.05) is 26.2 Å². The Bertz CT molecular complexity index is 841. The molecule has 1 aliphatic heterocycles. The summed E-state index contributed by atoms with van der Waals surface area (Å²) in [6.45, 7) is 0.396. The third-order valence-corrected chi connectivity index (χ3v) is 6.73. The van der Waals surface area contributed by atoms with Gasteiger partial charge >= 0.3 is 0 Å². The number of benzene rings is 1. The van der Waals surface area contributed by atoms with Crippen molar-refractivity contribution < 1.29 is 22.0 Å². The minimum absolute atomic E-state index is 0.00544. The Morgan fingerprint density at radius 3 is 2.28 bits per heavy atom. The molecule has 0 saturated carbocycles. The van der Waals surface area contributed by atoms with Crippen LogP contribution in [0, 0.1) is 11.6 Å². The van der Waals surface area contributed by atoms with Crippen molar-refractivity contribution in [3.05, 3.63) is 52.2 Å². The third kappa shape index (κ3) is 3.73. The lowest BCUT2D eigenvalue weighted by molar-refractivity contribution is -0.131. The zero-order valence-corrected chi connectivity index (χ0v) is 14.8. The first-order chi connectivity index (χ1) is 11.9. The van der Waals surface area contributed by atoms with E-state index >= 15 is 0 Å². The van der Waals surface area contributed by atoms with Gasteiger partial charge < -0.3 is 4.90 Å². The van der Waals surface area contributed by atoms with E-state index in [-0.39, 0.29) is 38.5 Å². The van der Waals surface area contributed by atoms with E-state index in [0.29, 0.717) is 0 Å². The zero-order valence-electron chi connectivity index (χ0n) is 13.2. The van der Waals surface area contributed by atoms with Crippen LogP contribution in [-0.2, 0) is 21.2 Å². The molecule has 1 fully saturated rings. The summed E-state index contributed by atoms with van der Waals surface area (Å²) in [5, 5.41) is 3.77. The molecule has 1 aromatic carbocycles. The minimum atomic E-state index is -4.28. The van der Waals surface area contributed by atoms with E-state index in [0.717, 1.165) is 28.1 Å². The normalized spacial score (nSPS) is 16.2. The van der Waals surface area contributed by atoms with Crippen LogP contribution in [0.2, 0.25) is 0 Å². The number of carbonyl (C=O) groups is 1. The maximum absolute atomic E-state index is 13.8. The largest absolute Gasteiger partial charge is 0.340 e. The van der Waals surface area contributed by atoms with E-state index in [9.17, 15) is 22.0 Å². The first-order valence-corrected chi connectivity index (χ1v) is 10.0. The fraction of sp³-hybridized carbons (Fsp3) is 0.312. The summed E-state index contributed by atoms with van der Waals surface area (Å²) in [4.78, 5) is 12.9. The van der Waals surface area contributed by atoms with Crippen molar-refractivity contribution in [3.8, 4) is 0 Å². The van der Waals surface area contributed by atoms with Gasteiger partial charge in [0.1, 0.15) is 11.6 Å². The van der Waals surface area contributed by atoms with E-state index in [4.69, 9.17) is 0 Å². The molecule has 134 valence electrons. The molecule has 0 aliphatic carbocycles. The first kappa shape index (κ1) is 18.0. The van der Waals surface area contributed by atoms with Crippen LogP contribution in [0.4, 0.5) is 8.78 Å². The van der Waals surface area contributed by atoms with Crippen molar-refractivity contribution in [1.82, 2.24) is 9.21 Å². The second-order valence-corrected chi connectivity index (χ2v) is 8.30. The molecule has 0 unspecified atom stereocenters. The molecule has 0 atom stereocenters. The van der Waals surface area contributed by atoms with Crippen LogP contribution in [-0.4, -0.2) is 49.7 Å². The van der Waals surface area contributed by atoms with Gasteiger partial charge in [0.2, 0.25) is 15.9 Å². The van der Waals surface area contributed by atoms with Crippen molar-refractivity contribution in [2.24, 2.45) is 0 Å². The Hall–Kier alpha value is -1.84. The summed E-state index contributed by atoms with van der Waals surface area (Å²) in [6, 6.07) is 4.81. The van der Waals surface area contributed by atoms with Crippen molar-refractivity contribution >= 4 is 27.3 Å². The Morgan fingerprint density at radius 1 is 1.08 bits per heavy atom. The fourth-order valence-electron chi connectivity index (χ4n) is 2.72. The van der Waals surface area contributed by atoms with Crippen LogP contribution in [0.15, 0.2) is 39.9 Å². The highest BCUT2D eigenvalue weighted by Gasteiger charge is 2.33. The lowest BCUT2D eigenvalue weighted by atomic mass is 10.2. The van der Waals surface area contributed by atoms with Crippen LogP contribution in [0.25, 0.3) is 0 Å². The average molecular weight is 386 g/mol. The zero-order chi connectivity index (χ0) is 18.0. The molecule has 0 radical (unpaired) electrons. The summed E-state index contributed by atoms with van der Waals surface area (Å²) in [7, 11) is -4.28. The molecular weight excluding hydrogens is 370 g/mol. The Morgan fingerprint density at radius 2 is 1.72 bits per heavy atom. The fourth-order valence-corrected chi connectivity index (χ4v) is 4.92. The molecule has 0 bridgehead atoms. The van der Waals surface area contributed by atoms with Crippen LogP contribution < -0.4 is 0 Å². The van der Waals surface area contributed by atoms with E-state index in [1.54, 1.807) is 4.90 Å². The predicted molar refractivity (Wildman–Crippen MR) is 89.7 cm³/mol. The van der Waals surface area contributed by atoms with Crippen molar-refractivity contribution in [1.29, 1.82) is 0 Å². The maximum Gasteiger partial charge on any atom is 0.249 e. The van der Waals surface area contributed by atoms with Gasteiger partial charge in [0.25, 0.3) is 0 Å². The molecule has 1 aromatic heterocycles. The Kier molecular flexibility index (Phi) is 5.16. The lowest BCUT2D eigenvalue weighted by Gasteiger charge is -2.34. The molecule has 1 amide bonds. The monoisotopic (exact) mass is 386 g/mol. The molecule has 9 heteroatoms. The van der Waals surface area contributed by atoms with Crippen LogP contribution in [0.1, 0.15) is 5.56 Å². The topological polar surface area (TPSA) is 57.7 Å².